The molecule has 2 heterocycles. The Hall–Kier alpha value is -2.31. The molecule has 0 radical (unpaired) electrons. The summed E-state index contributed by atoms with van der Waals surface area (Å²) >= 11 is 0. The Morgan fingerprint density at radius 1 is 1.16 bits per heavy atom. The molecular weight excluding hydrogens is 386 g/mol. The lowest BCUT2D eigenvalue weighted by Gasteiger charge is -2.20. The lowest BCUT2D eigenvalue weighted by molar-refractivity contribution is 0.256. The zero-order chi connectivity index (χ0) is 21.6. The molecule has 4 rings (SSSR count). The fourth-order valence-electron chi connectivity index (χ4n) is 4.63. The lowest BCUT2D eigenvalue weighted by Crippen LogP contribution is -2.44. The number of nitrogens with one attached hydrogen (secondary N) is 2. The number of nitrogens with zero attached hydrogens (tertiary/aromatic N) is 3. The van der Waals surface area contributed by atoms with E-state index < -0.39 is 0 Å². The highest BCUT2D eigenvalue weighted by Crippen LogP contribution is 2.33. The van der Waals surface area contributed by atoms with Crippen LogP contribution in [0, 0.1) is 0 Å². The molecule has 168 valence electrons. The molecule has 2 aromatic rings. The van der Waals surface area contributed by atoms with Crippen LogP contribution in [0.25, 0.3) is 0 Å². The van der Waals surface area contributed by atoms with Gasteiger partial charge in [0.05, 0.1) is 19.4 Å². The fourth-order valence-corrected chi connectivity index (χ4v) is 4.63. The van der Waals surface area contributed by atoms with E-state index in [2.05, 4.69) is 65.6 Å². The summed E-state index contributed by atoms with van der Waals surface area (Å²) in [6.45, 7) is 8.83. The third-order valence-corrected chi connectivity index (χ3v) is 6.30. The summed E-state index contributed by atoms with van der Waals surface area (Å²) in [6.07, 6.45) is 5.66. The number of likely N-dealkylation sites (tertiary alicyclic amines) is 1. The Bertz CT molecular complexity index is 845. The Kier molecular flexibility index (Phi) is 7.30. The Labute approximate surface area is 186 Å². The third kappa shape index (κ3) is 6.11. The molecule has 31 heavy (non-hydrogen) atoms. The van der Waals surface area contributed by atoms with Gasteiger partial charge in [0.1, 0.15) is 5.76 Å². The van der Waals surface area contributed by atoms with Gasteiger partial charge in [-0.25, -0.2) is 4.99 Å². The predicted molar refractivity (Wildman–Crippen MR) is 126 cm³/mol. The van der Waals surface area contributed by atoms with Crippen molar-refractivity contribution >= 4 is 5.96 Å². The fraction of sp³-hybridized carbons (Fsp3) is 0.560. The summed E-state index contributed by atoms with van der Waals surface area (Å²) in [5.41, 5.74) is 2.58. The van der Waals surface area contributed by atoms with E-state index in [1.165, 1.54) is 30.4 Å². The van der Waals surface area contributed by atoms with E-state index in [4.69, 9.17) is 9.41 Å². The van der Waals surface area contributed by atoms with Gasteiger partial charge in [-0.3, -0.25) is 9.80 Å². The van der Waals surface area contributed by atoms with Gasteiger partial charge in [0.2, 0.25) is 0 Å². The summed E-state index contributed by atoms with van der Waals surface area (Å²) in [7, 11) is 2.13. The minimum absolute atomic E-state index is 0.475. The number of furan rings is 1. The normalized spacial score (nSPS) is 22.3. The average Bonchev–Trinajstić information content (AvgIpc) is 3.34. The molecular formula is C25H37N5O. The first kappa shape index (κ1) is 21.9. The van der Waals surface area contributed by atoms with Crippen LogP contribution in [-0.2, 0) is 19.6 Å². The van der Waals surface area contributed by atoms with Crippen LogP contribution in [0.2, 0.25) is 0 Å². The van der Waals surface area contributed by atoms with Crippen LogP contribution in [0.4, 0.5) is 0 Å². The second-order valence-electron chi connectivity index (χ2n) is 9.07. The van der Waals surface area contributed by atoms with Crippen LogP contribution in [0.3, 0.4) is 0 Å². The maximum absolute atomic E-state index is 5.49. The Morgan fingerprint density at radius 2 is 1.97 bits per heavy atom. The molecule has 1 aromatic heterocycles. The zero-order valence-electron chi connectivity index (χ0n) is 19.2. The molecule has 2 aliphatic rings. The zero-order valence-corrected chi connectivity index (χ0v) is 19.2. The molecule has 1 aromatic carbocycles. The molecule has 2 N–H and O–H groups in total. The Balaban J connectivity index is 1.37. The van der Waals surface area contributed by atoms with Gasteiger partial charge >= 0.3 is 0 Å². The molecule has 6 heteroatoms. The van der Waals surface area contributed by atoms with Crippen molar-refractivity contribution < 1.29 is 4.42 Å². The summed E-state index contributed by atoms with van der Waals surface area (Å²) in [5.74, 6) is 1.92. The van der Waals surface area contributed by atoms with Gasteiger partial charge in [0.25, 0.3) is 0 Å². The molecule has 1 aliphatic heterocycles. The maximum Gasteiger partial charge on any atom is 0.191 e. The van der Waals surface area contributed by atoms with Crippen molar-refractivity contribution in [3.63, 3.8) is 0 Å². The summed E-state index contributed by atoms with van der Waals surface area (Å²) in [4.78, 5) is 9.89. The van der Waals surface area contributed by atoms with Crippen molar-refractivity contribution in [2.45, 2.75) is 70.9 Å². The van der Waals surface area contributed by atoms with E-state index in [0.29, 0.717) is 18.6 Å². The maximum atomic E-state index is 5.49. The van der Waals surface area contributed by atoms with E-state index in [1.807, 2.05) is 12.1 Å². The van der Waals surface area contributed by atoms with Crippen LogP contribution in [0.1, 0.15) is 50.0 Å². The van der Waals surface area contributed by atoms with E-state index in [0.717, 1.165) is 43.9 Å². The standard InChI is InChI=1S/C25H37N5O/c1-4-26-25(28-22-14-19(2)30(17-22)23-11-12-23)27-15-20-8-5-6-9-21(20)16-29(3)18-24-10-7-13-31-24/h5-10,13,19,22-23H,4,11-12,14-18H2,1-3H3,(H2,26,27,28). The van der Waals surface area contributed by atoms with Crippen molar-refractivity contribution in [1.29, 1.82) is 0 Å². The van der Waals surface area contributed by atoms with Crippen LogP contribution in [0.15, 0.2) is 52.1 Å². The molecule has 2 unspecified atom stereocenters. The van der Waals surface area contributed by atoms with Gasteiger partial charge in [-0.2, -0.15) is 0 Å². The highest BCUT2D eigenvalue weighted by molar-refractivity contribution is 5.80. The second kappa shape index (κ2) is 10.3. The number of benzene rings is 1. The van der Waals surface area contributed by atoms with Crippen molar-refractivity contribution in [2.24, 2.45) is 4.99 Å². The minimum Gasteiger partial charge on any atom is -0.468 e. The monoisotopic (exact) mass is 423 g/mol. The first-order valence-electron chi connectivity index (χ1n) is 11.7. The predicted octanol–water partition coefficient (Wildman–Crippen LogP) is 3.59. The van der Waals surface area contributed by atoms with Crippen LogP contribution in [0.5, 0.6) is 0 Å². The number of hydrogen-bond acceptors (Lipinski definition) is 4. The highest BCUT2D eigenvalue weighted by Gasteiger charge is 2.38. The highest BCUT2D eigenvalue weighted by atomic mass is 16.3. The molecule has 1 saturated carbocycles. The van der Waals surface area contributed by atoms with Crippen molar-refractivity contribution in [1.82, 2.24) is 20.4 Å². The van der Waals surface area contributed by atoms with Gasteiger partial charge in [-0.05, 0) is 63.4 Å². The van der Waals surface area contributed by atoms with Gasteiger partial charge in [0.15, 0.2) is 5.96 Å². The summed E-state index contributed by atoms with van der Waals surface area (Å²) in [5, 5.41) is 7.14. The average molecular weight is 424 g/mol. The third-order valence-electron chi connectivity index (χ3n) is 6.30. The van der Waals surface area contributed by atoms with E-state index >= 15 is 0 Å². The molecule has 0 amide bonds. The van der Waals surface area contributed by atoms with Crippen LogP contribution < -0.4 is 10.6 Å². The van der Waals surface area contributed by atoms with Crippen LogP contribution >= 0.6 is 0 Å². The quantitative estimate of drug-likeness (QED) is 0.477. The summed E-state index contributed by atoms with van der Waals surface area (Å²) < 4.78 is 5.49. The first-order chi connectivity index (χ1) is 15.1. The van der Waals surface area contributed by atoms with E-state index in [-0.39, 0.29) is 0 Å². The molecule has 0 bridgehead atoms. The number of rotatable bonds is 9. The van der Waals surface area contributed by atoms with Crippen molar-refractivity contribution in [2.75, 3.05) is 20.1 Å². The van der Waals surface area contributed by atoms with Gasteiger partial charge in [-0.15, -0.1) is 0 Å². The minimum atomic E-state index is 0.475. The van der Waals surface area contributed by atoms with Gasteiger partial charge in [0, 0.05) is 37.8 Å². The SMILES string of the molecule is CCNC(=NCc1ccccc1CN(C)Cc1ccco1)NC1CC(C)N(C2CC2)C1. The van der Waals surface area contributed by atoms with Gasteiger partial charge < -0.3 is 15.1 Å². The number of hydrogen-bond donors (Lipinski definition) is 2. The van der Waals surface area contributed by atoms with Crippen molar-refractivity contribution in [3.8, 4) is 0 Å². The molecule has 2 atom stereocenters. The number of guanidine groups is 1. The van der Waals surface area contributed by atoms with Gasteiger partial charge in [-0.1, -0.05) is 24.3 Å². The molecule has 2 fully saturated rings. The van der Waals surface area contributed by atoms with E-state index in [1.54, 1.807) is 6.26 Å². The molecule has 1 saturated heterocycles. The van der Waals surface area contributed by atoms with Crippen molar-refractivity contribution in [3.05, 3.63) is 59.5 Å². The molecule has 1 aliphatic carbocycles. The Morgan fingerprint density at radius 3 is 2.68 bits per heavy atom. The lowest BCUT2D eigenvalue weighted by atomic mass is 10.1. The topological polar surface area (TPSA) is 56.0 Å². The van der Waals surface area contributed by atoms with Crippen LogP contribution in [-0.4, -0.2) is 54.0 Å². The number of aliphatic imine (C=N–C) groups is 1. The summed E-state index contributed by atoms with van der Waals surface area (Å²) in [6, 6.07) is 14.5. The van der Waals surface area contributed by atoms with E-state index in [9.17, 15) is 0 Å². The molecule has 0 spiro atoms. The first-order valence-corrected chi connectivity index (χ1v) is 11.7. The smallest absolute Gasteiger partial charge is 0.191 e. The largest absolute Gasteiger partial charge is 0.468 e. The molecule has 6 nitrogen and oxygen atoms in total. The second-order valence-corrected chi connectivity index (χ2v) is 9.07.